The molecule has 0 fully saturated rings. The summed E-state index contributed by atoms with van der Waals surface area (Å²) >= 11 is 3.20. The number of nitrogens with zero attached hydrogens (tertiary/aromatic N) is 3. The minimum atomic E-state index is -0.108. The Morgan fingerprint density at radius 1 is 1.60 bits per heavy atom. The molecule has 0 amide bonds. The Labute approximate surface area is 93.9 Å². The van der Waals surface area contributed by atoms with Gasteiger partial charge in [0, 0.05) is 5.56 Å². The van der Waals surface area contributed by atoms with E-state index < -0.39 is 0 Å². The smallest absolute Gasteiger partial charge is 0.268 e. The van der Waals surface area contributed by atoms with Gasteiger partial charge in [0.05, 0.1) is 24.8 Å². The number of rotatable bonds is 2. The van der Waals surface area contributed by atoms with Crippen LogP contribution in [0.25, 0.3) is 0 Å². The van der Waals surface area contributed by atoms with Crippen molar-refractivity contribution in [1.82, 2.24) is 14.7 Å². The van der Waals surface area contributed by atoms with Crippen molar-refractivity contribution < 1.29 is 4.52 Å². The molecule has 0 unspecified atom stereocenters. The summed E-state index contributed by atoms with van der Waals surface area (Å²) in [5.74, 6) is 0. The summed E-state index contributed by atoms with van der Waals surface area (Å²) in [6.45, 7) is 2.18. The highest BCUT2D eigenvalue weighted by atomic mass is 79.9. The van der Waals surface area contributed by atoms with Crippen molar-refractivity contribution in [2.24, 2.45) is 0 Å². The van der Waals surface area contributed by atoms with E-state index >= 15 is 0 Å². The van der Waals surface area contributed by atoms with Crippen molar-refractivity contribution in [1.29, 1.82) is 0 Å². The first-order valence-corrected chi connectivity index (χ1v) is 5.07. The monoisotopic (exact) mass is 269 g/mol. The number of halogens is 1. The predicted octanol–water partition coefficient (Wildman–Crippen LogP) is 1.35. The van der Waals surface area contributed by atoms with Gasteiger partial charge in [-0.1, -0.05) is 5.16 Å². The van der Waals surface area contributed by atoms with E-state index in [1.54, 1.807) is 13.1 Å². The van der Waals surface area contributed by atoms with Crippen molar-refractivity contribution >= 4 is 15.9 Å². The molecule has 0 radical (unpaired) electrons. The third kappa shape index (κ3) is 1.99. The van der Waals surface area contributed by atoms with E-state index in [2.05, 4.69) is 30.6 Å². The molecular weight excluding hydrogens is 262 g/mol. The van der Waals surface area contributed by atoms with Gasteiger partial charge in [-0.3, -0.25) is 9.36 Å². The van der Waals surface area contributed by atoms with Crippen molar-refractivity contribution in [3.8, 4) is 0 Å². The van der Waals surface area contributed by atoms with Crippen LogP contribution >= 0.6 is 15.9 Å². The normalized spacial score (nSPS) is 10.5. The first-order chi connectivity index (χ1) is 7.18. The second-order valence-electron chi connectivity index (χ2n) is 3.11. The number of aromatic nitrogens is 3. The van der Waals surface area contributed by atoms with E-state index in [1.165, 1.54) is 17.2 Å². The molecule has 0 atom stereocenters. The Morgan fingerprint density at radius 3 is 3.07 bits per heavy atom. The maximum absolute atomic E-state index is 11.7. The maximum Gasteiger partial charge on any atom is 0.268 e. The van der Waals surface area contributed by atoms with E-state index in [4.69, 9.17) is 0 Å². The topological polar surface area (TPSA) is 60.9 Å². The van der Waals surface area contributed by atoms with Crippen LogP contribution in [0.5, 0.6) is 0 Å². The van der Waals surface area contributed by atoms with E-state index in [-0.39, 0.29) is 5.56 Å². The van der Waals surface area contributed by atoms with Gasteiger partial charge >= 0.3 is 0 Å². The molecule has 5 nitrogen and oxygen atoms in total. The molecule has 0 aliphatic rings. The molecule has 0 spiro atoms. The first kappa shape index (κ1) is 10.1. The zero-order valence-electron chi connectivity index (χ0n) is 7.98. The molecular formula is C9H8BrN3O2. The van der Waals surface area contributed by atoms with Crippen LogP contribution in [0.1, 0.15) is 11.3 Å². The third-order valence-corrected chi connectivity index (χ3v) is 2.91. The second kappa shape index (κ2) is 3.98. The SMILES string of the molecule is Cc1ncn(Cc2cnoc2)c(=O)c1Br. The Hall–Kier alpha value is -1.43. The molecule has 78 valence electrons. The predicted molar refractivity (Wildman–Crippen MR) is 56.5 cm³/mol. The van der Waals surface area contributed by atoms with Gasteiger partial charge in [0.15, 0.2) is 0 Å². The van der Waals surface area contributed by atoms with Gasteiger partial charge in [0.2, 0.25) is 0 Å². The van der Waals surface area contributed by atoms with Crippen LogP contribution in [-0.4, -0.2) is 14.7 Å². The van der Waals surface area contributed by atoms with E-state index in [0.29, 0.717) is 16.7 Å². The minimum Gasteiger partial charge on any atom is -0.364 e. The van der Waals surface area contributed by atoms with Crippen molar-refractivity contribution in [2.45, 2.75) is 13.5 Å². The molecule has 2 aromatic rings. The summed E-state index contributed by atoms with van der Waals surface area (Å²) < 4.78 is 6.66. The Balaban J connectivity index is 2.38. The van der Waals surface area contributed by atoms with Gasteiger partial charge in [-0.2, -0.15) is 0 Å². The van der Waals surface area contributed by atoms with Gasteiger partial charge in [0.1, 0.15) is 10.7 Å². The van der Waals surface area contributed by atoms with Gasteiger partial charge in [-0.05, 0) is 22.9 Å². The average Bonchev–Trinajstić information content (AvgIpc) is 2.72. The zero-order valence-corrected chi connectivity index (χ0v) is 9.56. The fourth-order valence-electron chi connectivity index (χ4n) is 1.16. The molecule has 2 rings (SSSR count). The lowest BCUT2D eigenvalue weighted by atomic mass is 10.3. The van der Waals surface area contributed by atoms with Gasteiger partial charge in [-0.15, -0.1) is 0 Å². The lowest BCUT2D eigenvalue weighted by molar-refractivity contribution is 0.418. The van der Waals surface area contributed by atoms with Crippen LogP contribution in [0.3, 0.4) is 0 Å². The molecule has 6 heteroatoms. The standard InChI is InChI=1S/C9H8BrN3O2/c1-6-8(10)9(14)13(5-11-6)3-7-2-12-15-4-7/h2,4-5H,3H2,1H3. The van der Waals surface area contributed by atoms with Crippen LogP contribution in [0.4, 0.5) is 0 Å². The van der Waals surface area contributed by atoms with Crippen molar-refractivity contribution in [2.75, 3.05) is 0 Å². The molecule has 15 heavy (non-hydrogen) atoms. The van der Waals surface area contributed by atoms with Gasteiger partial charge in [-0.25, -0.2) is 4.98 Å². The van der Waals surface area contributed by atoms with E-state index in [1.807, 2.05) is 0 Å². The Kier molecular flexibility index (Phi) is 2.68. The molecule has 2 aromatic heterocycles. The van der Waals surface area contributed by atoms with Crippen LogP contribution in [-0.2, 0) is 6.54 Å². The molecule has 0 saturated heterocycles. The molecule has 0 bridgehead atoms. The first-order valence-electron chi connectivity index (χ1n) is 4.28. The van der Waals surface area contributed by atoms with E-state index in [0.717, 1.165) is 5.56 Å². The molecule has 0 N–H and O–H groups in total. The molecule has 2 heterocycles. The summed E-state index contributed by atoms with van der Waals surface area (Å²) in [5, 5.41) is 3.57. The van der Waals surface area contributed by atoms with Crippen LogP contribution in [0.2, 0.25) is 0 Å². The summed E-state index contributed by atoms with van der Waals surface area (Å²) in [5.41, 5.74) is 1.40. The quantitative estimate of drug-likeness (QED) is 0.826. The third-order valence-electron chi connectivity index (χ3n) is 1.99. The lowest BCUT2D eigenvalue weighted by Crippen LogP contribution is -2.22. The maximum atomic E-state index is 11.7. The Bertz CT molecular complexity index is 519. The van der Waals surface area contributed by atoms with Crippen LogP contribution in [0.15, 0.2) is 32.6 Å². The zero-order chi connectivity index (χ0) is 10.8. The summed E-state index contributed by atoms with van der Waals surface area (Å²) in [7, 11) is 0. The van der Waals surface area contributed by atoms with Crippen LogP contribution < -0.4 is 5.56 Å². The number of hydrogen-bond acceptors (Lipinski definition) is 4. The fourth-order valence-corrected chi connectivity index (χ4v) is 1.49. The van der Waals surface area contributed by atoms with Gasteiger partial charge < -0.3 is 4.52 Å². The highest BCUT2D eigenvalue weighted by Gasteiger charge is 2.06. The second-order valence-corrected chi connectivity index (χ2v) is 3.90. The lowest BCUT2D eigenvalue weighted by Gasteiger charge is -2.04. The average molecular weight is 270 g/mol. The number of hydrogen-bond donors (Lipinski definition) is 0. The van der Waals surface area contributed by atoms with Crippen LogP contribution in [0, 0.1) is 6.92 Å². The molecule has 0 aliphatic carbocycles. The van der Waals surface area contributed by atoms with E-state index in [9.17, 15) is 4.79 Å². The highest BCUT2D eigenvalue weighted by molar-refractivity contribution is 9.10. The minimum absolute atomic E-state index is 0.108. The Morgan fingerprint density at radius 2 is 2.40 bits per heavy atom. The number of aryl methyl sites for hydroxylation is 1. The highest BCUT2D eigenvalue weighted by Crippen LogP contribution is 2.07. The van der Waals surface area contributed by atoms with Crippen molar-refractivity contribution in [3.05, 3.63) is 44.9 Å². The van der Waals surface area contributed by atoms with Gasteiger partial charge in [0.25, 0.3) is 5.56 Å². The van der Waals surface area contributed by atoms with Crippen molar-refractivity contribution in [3.63, 3.8) is 0 Å². The molecule has 0 aromatic carbocycles. The summed E-state index contributed by atoms with van der Waals surface area (Å²) in [4.78, 5) is 15.8. The summed E-state index contributed by atoms with van der Waals surface area (Å²) in [6.07, 6.45) is 4.58. The molecule has 0 saturated carbocycles. The summed E-state index contributed by atoms with van der Waals surface area (Å²) in [6, 6.07) is 0. The molecule has 0 aliphatic heterocycles. The fraction of sp³-hybridized carbons (Fsp3) is 0.222. The largest absolute Gasteiger partial charge is 0.364 e.